The Morgan fingerprint density at radius 3 is 1.41 bits per heavy atom. The maximum absolute atomic E-state index is 9.00. The smallest absolute Gasteiger partial charge is 0.300 e. The Morgan fingerprint density at radius 2 is 0.973 bits per heavy atom. The maximum Gasteiger partial charge on any atom is 0.300 e. The third-order valence-electron chi connectivity index (χ3n) is 5.53. The van der Waals surface area contributed by atoms with E-state index >= 15 is 0 Å². The molecule has 0 bridgehead atoms. The molecule has 0 aliphatic carbocycles. The molecule has 0 aromatic heterocycles. The van der Waals surface area contributed by atoms with Gasteiger partial charge in [0.2, 0.25) is 0 Å². The normalized spacial score (nSPS) is 11.9. The van der Waals surface area contributed by atoms with Gasteiger partial charge in [-0.15, -0.1) is 0 Å². The van der Waals surface area contributed by atoms with Crippen LogP contribution in [0.25, 0.3) is 0 Å². The second-order valence-electron chi connectivity index (χ2n) is 9.91. The van der Waals surface area contributed by atoms with Crippen LogP contribution >= 0.6 is 0 Å². The van der Waals surface area contributed by atoms with Crippen molar-refractivity contribution in [1.82, 2.24) is 0 Å². The summed E-state index contributed by atoms with van der Waals surface area (Å²) < 4.78 is 27.4. The largest absolute Gasteiger partial charge is 0.481 e. The van der Waals surface area contributed by atoms with Gasteiger partial charge in [-0.3, -0.25) is 4.79 Å². The molecule has 0 heterocycles. The number of aliphatic hydroxyl groups is 1. The third kappa shape index (κ3) is 42.6. The first-order valence-electron chi connectivity index (χ1n) is 14.6. The standard InChI is InChI=1S/C27H56O6.C2H4O2/c1-26(2)15-13-11-9-7-5-4-6-8-10-12-14-17-33-27(3)25-32-24-23-31-22-21-30-20-19-29-18-16-28;1-2(3)4/h26-28H,4-25H2,1-3H3;1H3,(H,3,4). The van der Waals surface area contributed by atoms with Gasteiger partial charge in [-0.25, -0.2) is 0 Å². The third-order valence-corrected chi connectivity index (χ3v) is 5.53. The summed E-state index contributed by atoms with van der Waals surface area (Å²) in [5.41, 5.74) is 0. The first-order valence-corrected chi connectivity index (χ1v) is 14.6. The summed E-state index contributed by atoms with van der Waals surface area (Å²) in [5, 5.41) is 16.0. The summed E-state index contributed by atoms with van der Waals surface area (Å²) in [7, 11) is 0. The number of hydrogen-bond acceptors (Lipinski definition) is 7. The highest BCUT2D eigenvalue weighted by Gasteiger charge is 2.02. The van der Waals surface area contributed by atoms with Crippen LogP contribution in [0.1, 0.15) is 105 Å². The van der Waals surface area contributed by atoms with Gasteiger partial charge in [-0.05, 0) is 19.3 Å². The minimum atomic E-state index is -0.833. The second-order valence-corrected chi connectivity index (χ2v) is 9.91. The fourth-order valence-corrected chi connectivity index (χ4v) is 3.55. The highest BCUT2D eigenvalue weighted by Crippen LogP contribution is 2.13. The van der Waals surface area contributed by atoms with Crippen molar-refractivity contribution in [1.29, 1.82) is 0 Å². The van der Waals surface area contributed by atoms with Crippen LogP contribution in [0.3, 0.4) is 0 Å². The number of aliphatic hydroxyl groups excluding tert-OH is 1. The van der Waals surface area contributed by atoms with Gasteiger partial charge < -0.3 is 33.9 Å². The van der Waals surface area contributed by atoms with Crippen molar-refractivity contribution in [3.8, 4) is 0 Å². The van der Waals surface area contributed by atoms with Crippen molar-refractivity contribution in [2.45, 2.75) is 111 Å². The molecular formula is C29H60O8. The average Bonchev–Trinajstić information content (AvgIpc) is 2.84. The number of carboxylic acids is 1. The van der Waals surface area contributed by atoms with Gasteiger partial charge >= 0.3 is 0 Å². The van der Waals surface area contributed by atoms with Crippen LogP contribution in [0.2, 0.25) is 0 Å². The van der Waals surface area contributed by atoms with Crippen LogP contribution in [-0.4, -0.2) is 88.4 Å². The zero-order valence-electron chi connectivity index (χ0n) is 24.6. The van der Waals surface area contributed by atoms with Crippen molar-refractivity contribution in [3.05, 3.63) is 0 Å². The summed E-state index contributed by atoms with van der Waals surface area (Å²) in [5.74, 6) is 0.0322. The molecule has 2 N–H and O–H groups in total. The highest BCUT2D eigenvalue weighted by molar-refractivity contribution is 5.62. The summed E-state index contributed by atoms with van der Waals surface area (Å²) in [4.78, 5) is 9.00. The maximum atomic E-state index is 9.00. The second kappa shape index (κ2) is 33.3. The summed E-state index contributed by atoms with van der Waals surface area (Å²) in [6.45, 7) is 12.9. The molecule has 37 heavy (non-hydrogen) atoms. The monoisotopic (exact) mass is 536 g/mol. The summed E-state index contributed by atoms with van der Waals surface area (Å²) in [6.07, 6.45) is 16.6. The average molecular weight is 537 g/mol. The van der Waals surface area contributed by atoms with E-state index in [1.165, 1.54) is 70.6 Å². The summed E-state index contributed by atoms with van der Waals surface area (Å²) >= 11 is 0. The van der Waals surface area contributed by atoms with E-state index in [1.807, 2.05) is 0 Å². The Balaban J connectivity index is 0. The SMILES string of the molecule is CC(=O)O.CC(C)CCCCCCCCCCCCCOC(C)COCCOCCOCCOCCO. The van der Waals surface area contributed by atoms with Crippen LogP contribution < -0.4 is 0 Å². The van der Waals surface area contributed by atoms with E-state index in [9.17, 15) is 0 Å². The van der Waals surface area contributed by atoms with Crippen molar-refractivity contribution < 1.29 is 38.7 Å². The van der Waals surface area contributed by atoms with Crippen LogP contribution in [0.5, 0.6) is 0 Å². The Bertz CT molecular complexity index is 430. The van der Waals surface area contributed by atoms with E-state index in [4.69, 9.17) is 38.7 Å². The van der Waals surface area contributed by atoms with Crippen LogP contribution in [0.15, 0.2) is 0 Å². The van der Waals surface area contributed by atoms with E-state index < -0.39 is 5.97 Å². The zero-order valence-corrected chi connectivity index (χ0v) is 24.6. The minimum Gasteiger partial charge on any atom is -0.481 e. The number of carbonyl (C=O) groups is 1. The Morgan fingerprint density at radius 1 is 0.595 bits per heavy atom. The lowest BCUT2D eigenvalue weighted by Crippen LogP contribution is -2.19. The molecule has 0 aliphatic heterocycles. The lowest BCUT2D eigenvalue weighted by Gasteiger charge is -2.13. The van der Waals surface area contributed by atoms with Gasteiger partial charge in [0.1, 0.15) is 0 Å². The van der Waals surface area contributed by atoms with Gasteiger partial charge in [-0.1, -0.05) is 84.5 Å². The molecule has 0 saturated heterocycles. The quantitative estimate of drug-likeness (QED) is 0.120. The van der Waals surface area contributed by atoms with E-state index in [0.29, 0.717) is 52.9 Å². The Labute approximate surface area is 227 Å². The van der Waals surface area contributed by atoms with Crippen molar-refractivity contribution in [2.24, 2.45) is 5.92 Å². The van der Waals surface area contributed by atoms with Crippen LogP contribution in [-0.2, 0) is 28.5 Å². The molecule has 0 spiro atoms. The number of hydrogen-bond donors (Lipinski definition) is 2. The number of rotatable bonds is 28. The van der Waals surface area contributed by atoms with Gasteiger partial charge in [0, 0.05) is 13.5 Å². The topological polar surface area (TPSA) is 104 Å². The van der Waals surface area contributed by atoms with Crippen molar-refractivity contribution >= 4 is 5.97 Å². The molecule has 0 fully saturated rings. The van der Waals surface area contributed by atoms with Crippen molar-refractivity contribution in [3.63, 3.8) is 0 Å². The molecule has 1 atom stereocenters. The molecule has 8 heteroatoms. The van der Waals surface area contributed by atoms with E-state index in [-0.39, 0.29) is 12.7 Å². The molecule has 0 amide bonds. The van der Waals surface area contributed by atoms with Crippen LogP contribution in [0.4, 0.5) is 0 Å². The lowest BCUT2D eigenvalue weighted by molar-refractivity contribution is -0.134. The molecule has 0 aliphatic rings. The lowest BCUT2D eigenvalue weighted by atomic mass is 10.0. The fourth-order valence-electron chi connectivity index (χ4n) is 3.55. The van der Waals surface area contributed by atoms with Gasteiger partial charge in [-0.2, -0.15) is 0 Å². The van der Waals surface area contributed by atoms with Gasteiger partial charge in [0.15, 0.2) is 0 Å². The van der Waals surface area contributed by atoms with E-state index in [1.54, 1.807) is 0 Å². The molecule has 0 aromatic rings. The van der Waals surface area contributed by atoms with Gasteiger partial charge in [0.25, 0.3) is 5.97 Å². The van der Waals surface area contributed by atoms with E-state index in [2.05, 4.69) is 20.8 Å². The highest BCUT2D eigenvalue weighted by atomic mass is 16.6. The number of carboxylic acid groups (broad SMARTS) is 1. The number of aliphatic carboxylic acids is 1. The molecular weight excluding hydrogens is 476 g/mol. The Kier molecular flexibility index (Phi) is 34.5. The fraction of sp³-hybridized carbons (Fsp3) is 0.966. The predicted octanol–water partition coefficient (Wildman–Crippen LogP) is 5.88. The first kappa shape index (κ1) is 38.4. The van der Waals surface area contributed by atoms with E-state index in [0.717, 1.165) is 25.9 Å². The zero-order chi connectivity index (χ0) is 27.8. The molecule has 0 saturated carbocycles. The molecule has 0 radical (unpaired) electrons. The molecule has 0 aromatic carbocycles. The van der Waals surface area contributed by atoms with Crippen molar-refractivity contribution in [2.75, 3.05) is 66.1 Å². The predicted molar refractivity (Wildman–Crippen MR) is 149 cm³/mol. The molecule has 0 rings (SSSR count). The Hall–Kier alpha value is -0.770. The summed E-state index contributed by atoms with van der Waals surface area (Å²) in [6, 6.07) is 0. The molecule has 1 unspecified atom stereocenters. The molecule has 224 valence electrons. The number of unbranched alkanes of at least 4 members (excludes halogenated alkanes) is 10. The molecule has 8 nitrogen and oxygen atoms in total. The minimum absolute atomic E-state index is 0.0475. The van der Waals surface area contributed by atoms with Crippen LogP contribution in [0, 0.1) is 5.92 Å². The van der Waals surface area contributed by atoms with Gasteiger partial charge in [0.05, 0.1) is 65.6 Å². The number of ether oxygens (including phenoxy) is 5. The first-order chi connectivity index (χ1) is 17.9.